The first-order valence-corrected chi connectivity index (χ1v) is 6.85. The van der Waals surface area contributed by atoms with Crippen LogP contribution in [0.4, 0.5) is 0 Å². The van der Waals surface area contributed by atoms with Crippen LogP contribution in [-0.4, -0.2) is 12.6 Å². The summed E-state index contributed by atoms with van der Waals surface area (Å²) >= 11 is 0. The third-order valence-electron chi connectivity index (χ3n) is 2.32. The summed E-state index contributed by atoms with van der Waals surface area (Å²) in [6.45, 7) is 4.15. The minimum atomic E-state index is -0.196. The van der Waals surface area contributed by atoms with Crippen molar-refractivity contribution in [1.82, 2.24) is 0 Å². The second-order valence-corrected chi connectivity index (χ2v) is 4.16. The first-order chi connectivity index (χ1) is 8.77. The van der Waals surface area contributed by atoms with E-state index in [1.54, 1.807) is 0 Å². The monoisotopic (exact) mass is 250 g/mol. The molecule has 2 heteroatoms. The molecule has 18 heavy (non-hydrogen) atoms. The number of unbranched alkanes of at least 4 members (excludes halogenated alkanes) is 2. The minimum Gasteiger partial charge on any atom is -0.466 e. The van der Waals surface area contributed by atoms with Crippen LogP contribution in [-0.2, 0) is 9.53 Å². The summed E-state index contributed by atoms with van der Waals surface area (Å²) in [5.74, 6) is -0.196. The molecule has 0 saturated carbocycles. The lowest BCUT2D eigenvalue weighted by molar-refractivity contribution is -0.141. The van der Waals surface area contributed by atoms with E-state index in [1.807, 2.05) is 0 Å². The Morgan fingerprint density at radius 2 is 1.50 bits per heavy atom. The van der Waals surface area contributed by atoms with Crippen molar-refractivity contribution < 1.29 is 9.53 Å². The zero-order chi connectivity index (χ0) is 13.5. The molecule has 0 amide bonds. The van der Waals surface area contributed by atoms with Crippen LogP contribution in [0.3, 0.4) is 0 Å². The molecule has 0 heterocycles. The Balaban J connectivity index is 3.31. The van der Waals surface area contributed by atoms with Gasteiger partial charge >= 0.3 is 5.97 Å². The van der Waals surface area contributed by atoms with Crippen molar-refractivity contribution in [1.29, 1.82) is 0 Å². The summed E-state index contributed by atoms with van der Waals surface area (Å²) < 4.78 is 4.84. The Kier molecular flexibility index (Phi) is 12.8. The molecule has 0 aliphatic rings. The van der Waals surface area contributed by atoms with Gasteiger partial charge in [-0.1, -0.05) is 49.8 Å². The van der Waals surface area contributed by atoms with Crippen LogP contribution in [0.2, 0.25) is 0 Å². The highest BCUT2D eigenvalue weighted by Gasteiger charge is 1.89. The van der Waals surface area contributed by atoms with Gasteiger partial charge in [0.15, 0.2) is 0 Å². The van der Waals surface area contributed by atoms with Gasteiger partial charge in [0, 0.05) is 6.92 Å². The van der Waals surface area contributed by atoms with Gasteiger partial charge in [-0.15, -0.1) is 0 Å². The lowest BCUT2D eigenvalue weighted by atomic mass is 10.2. The van der Waals surface area contributed by atoms with Crippen LogP contribution in [0.25, 0.3) is 0 Å². The third kappa shape index (κ3) is 14.7. The number of hydrogen-bond donors (Lipinski definition) is 0. The van der Waals surface area contributed by atoms with Gasteiger partial charge in [0.05, 0.1) is 6.61 Å². The highest BCUT2D eigenvalue weighted by Crippen LogP contribution is 1.97. The van der Waals surface area contributed by atoms with E-state index in [1.165, 1.54) is 19.8 Å². The lowest BCUT2D eigenvalue weighted by Gasteiger charge is -1.97. The Morgan fingerprint density at radius 3 is 2.06 bits per heavy atom. The molecule has 2 nitrogen and oxygen atoms in total. The van der Waals surface area contributed by atoms with Gasteiger partial charge in [0.25, 0.3) is 0 Å². The minimum absolute atomic E-state index is 0.196. The van der Waals surface area contributed by atoms with Gasteiger partial charge in [-0.25, -0.2) is 0 Å². The van der Waals surface area contributed by atoms with Crippen molar-refractivity contribution in [3.05, 3.63) is 36.5 Å². The molecule has 0 bridgehead atoms. The van der Waals surface area contributed by atoms with Crippen molar-refractivity contribution >= 4 is 5.97 Å². The number of esters is 1. The molecule has 0 aliphatic carbocycles. The number of allylic oxidation sites excluding steroid dienone is 6. The summed E-state index contributed by atoms with van der Waals surface area (Å²) in [6.07, 6.45) is 19.4. The van der Waals surface area contributed by atoms with Crippen LogP contribution < -0.4 is 0 Å². The molecule has 0 saturated heterocycles. The zero-order valence-electron chi connectivity index (χ0n) is 11.7. The maximum atomic E-state index is 10.5. The van der Waals surface area contributed by atoms with E-state index >= 15 is 0 Å². The van der Waals surface area contributed by atoms with Gasteiger partial charge in [-0.3, -0.25) is 4.79 Å². The van der Waals surface area contributed by atoms with Gasteiger partial charge < -0.3 is 4.74 Å². The molecule has 0 aromatic carbocycles. The van der Waals surface area contributed by atoms with Crippen LogP contribution in [0.5, 0.6) is 0 Å². The van der Waals surface area contributed by atoms with Crippen LogP contribution in [0.1, 0.15) is 52.4 Å². The largest absolute Gasteiger partial charge is 0.466 e. The first kappa shape index (κ1) is 16.7. The van der Waals surface area contributed by atoms with Crippen molar-refractivity contribution in [2.75, 3.05) is 6.61 Å². The van der Waals surface area contributed by atoms with Gasteiger partial charge in [-0.2, -0.15) is 0 Å². The predicted molar refractivity (Wildman–Crippen MR) is 77.4 cm³/mol. The topological polar surface area (TPSA) is 26.3 Å². The van der Waals surface area contributed by atoms with Crippen LogP contribution in [0, 0.1) is 0 Å². The summed E-state index contributed by atoms with van der Waals surface area (Å²) in [4.78, 5) is 10.5. The Bertz CT molecular complexity index is 275. The van der Waals surface area contributed by atoms with E-state index in [4.69, 9.17) is 4.74 Å². The molecule has 0 N–H and O–H groups in total. The van der Waals surface area contributed by atoms with E-state index in [0.29, 0.717) is 6.61 Å². The molecule has 0 radical (unpaired) electrons. The molecule has 0 aliphatic heterocycles. The van der Waals surface area contributed by atoms with E-state index < -0.39 is 0 Å². The first-order valence-electron chi connectivity index (χ1n) is 6.85. The summed E-state index contributed by atoms with van der Waals surface area (Å²) in [5.41, 5.74) is 0. The second-order valence-electron chi connectivity index (χ2n) is 4.16. The van der Waals surface area contributed by atoms with Crippen LogP contribution in [0.15, 0.2) is 36.5 Å². The maximum Gasteiger partial charge on any atom is 0.302 e. The fourth-order valence-electron chi connectivity index (χ4n) is 1.36. The van der Waals surface area contributed by atoms with Gasteiger partial charge in [0.2, 0.25) is 0 Å². The molecule has 0 spiro atoms. The average molecular weight is 250 g/mol. The summed E-state index contributed by atoms with van der Waals surface area (Å²) in [7, 11) is 0. The molecule has 0 unspecified atom stereocenters. The molecule has 102 valence electrons. The predicted octanol–water partition coefficient (Wildman–Crippen LogP) is 4.58. The zero-order valence-corrected chi connectivity index (χ0v) is 11.7. The van der Waals surface area contributed by atoms with Crippen molar-refractivity contribution in [2.45, 2.75) is 52.4 Å². The van der Waals surface area contributed by atoms with E-state index in [2.05, 4.69) is 43.4 Å². The molecule has 0 aromatic heterocycles. The fourth-order valence-corrected chi connectivity index (χ4v) is 1.36. The lowest BCUT2D eigenvalue weighted by Crippen LogP contribution is -1.99. The van der Waals surface area contributed by atoms with E-state index in [9.17, 15) is 4.79 Å². The standard InChI is InChI=1S/C16H26O2/c1-3-4-5-6-7-8-9-10-11-12-13-14-15-18-16(2)17/h5-6,8-9,11-12H,3-4,7,10,13-15H2,1-2H3/b6-5-,9-8-,12-11-. The molecular formula is C16H26O2. The number of hydrogen-bond acceptors (Lipinski definition) is 2. The highest BCUT2D eigenvalue weighted by atomic mass is 16.5. The third-order valence-corrected chi connectivity index (χ3v) is 2.32. The van der Waals surface area contributed by atoms with Gasteiger partial charge in [-0.05, 0) is 32.1 Å². The fraction of sp³-hybridized carbons (Fsp3) is 0.562. The number of rotatable bonds is 10. The highest BCUT2D eigenvalue weighted by molar-refractivity contribution is 5.65. The summed E-state index contributed by atoms with van der Waals surface area (Å²) in [6, 6.07) is 0. The Morgan fingerprint density at radius 1 is 0.944 bits per heavy atom. The molecule has 0 rings (SSSR count). The molecule has 0 aromatic rings. The Labute approximate surface area is 111 Å². The van der Waals surface area contributed by atoms with Crippen LogP contribution >= 0.6 is 0 Å². The van der Waals surface area contributed by atoms with Crippen molar-refractivity contribution in [2.24, 2.45) is 0 Å². The van der Waals surface area contributed by atoms with E-state index in [-0.39, 0.29) is 5.97 Å². The SMILES string of the molecule is CCC/C=C\C/C=C\C/C=C\CCCOC(C)=O. The number of carbonyl (C=O) groups is 1. The quantitative estimate of drug-likeness (QED) is 0.322. The molecular weight excluding hydrogens is 224 g/mol. The smallest absolute Gasteiger partial charge is 0.302 e. The van der Waals surface area contributed by atoms with Gasteiger partial charge in [0.1, 0.15) is 0 Å². The normalized spacial score (nSPS) is 11.9. The Hall–Kier alpha value is -1.31. The molecule has 0 atom stereocenters. The van der Waals surface area contributed by atoms with Crippen molar-refractivity contribution in [3.63, 3.8) is 0 Å². The number of ether oxygens (including phenoxy) is 1. The summed E-state index contributed by atoms with van der Waals surface area (Å²) in [5, 5.41) is 0. The second kappa shape index (κ2) is 13.8. The maximum absolute atomic E-state index is 10.5. The number of carbonyl (C=O) groups excluding carboxylic acids is 1. The average Bonchev–Trinajstić information content (AvgIpc) is 2.34. The van der Waals surface area contributed by atoms with Crippen molar-refractivity contribution in [3.8, 4) is 0 Å². The van der Waals surface area contributed by atoms with E-state index in [0.717, 1.165) is 25.7 Å². The molecule has 0 fully saturated rings.